The average molecular weight is 355 g/mol. The Balaban J connectivity index is 1.80. The summed E-state index contributed by atoms with van der Waals surface area (Å²) in [6.45, 7) is 3.55. The SMILES string of the molecule is CCOC(C1CC1)C(Cc1cc(Br)cc2c1OCC2)NN. The number of halogens is 1. The van der Waals surface area contributed by atoms with Crippen LogP contribution in [0.1, 0.15) is 30.9 Å². The molecule has 1 saturated carbocycles. The van der Waals surface area contributed by atoms with Crippen LogP contribution in [-0.4, -0.2) is 25.4 Å². The van der Waals surface area contributed by atoms with Gasteiger partial charge in [-0.05, 0) is 55.4 Å². The van der Waals surface area contributed by atoms with E-state index < -0.39 is 0 Å². The Morgan fingerprint density at radius 3 is 2.95 bits per heavy atom. The second-order valence-electron chi connectivity index (χ2n) is 5.89. The Labute approximate surface area is 134 Å². The van der Waals surface area contributed by atoms with Crippen LogP contribution in [0, 0.1) is 5.92 Å². The van der Waals surface area contributed by atoms with Gasteiger partial charge in [-0.25, -0.2) is 0 Å². The van der Waals surface area contributed by atoms with Crippen LogP contribution >= 0.6 is 15.9 Å². The van der Waals surface area contributed by atoms with Gasteiger partial charge in [-0.3, -0.25) is 11.3 Å². The van der Waals surface area contributed by atoms with E-state index in [1.165, 1.54) is 24.0 Å². The van der Waals surface area contributed by atoms with E-state index in [1.54, 1.807) is 0 Å². The van der Waals surface area contributed by atoms with E-state index in [9.17, 15) is 0 Å². The Kier molecular flexibility index (Phi) is 4.84. The predicted molar refractivity (Wildman–Crippen MR) is 86.3 cm³/mol. The Morgan fingerprint density at radius 1 is 1.48 bits per heavy atom. The molecule has 1 heterocycles. The summed E-state index contributed by atoms with van der Waals surface area (Å²) in [4.78, 5) is 0. The molecule has 116 valence electrons. The molecule has 3 N–H and O–H groups in total. The van der Waals surface area contributed by atoms with Gasteiger partial charge in [0.2, 0.25) is 0 Å². The number of fused-ring (bicyclic) bond motifs is 1. The molecule has 1 aliphatic carbocycles. The van der Waals surface area contributed by atoms with Crippen LogP contribution in [0.25, 0.3) is 0 Å². The summed E-state index contributed by atoms with van der Waals surface area (Å²) >= 11 is 3.60. The number of rotatable bonds is 7. The first-order chi connectivity index (χ1) is 10.2. The molecule has 1 aromatic rings. The zero-order valence-corrected chi connectivity index (χ0v) is 14.0. The maximum absolute atomic E-state index is 5.95. The zero-order chi connectivity index (χ0) is 14.8. The van der Waals surface area contributed by atoms with E-state index in [0.717, 1.165) is 36.3 Å². The topological polar surface area (TPSA) is 56.5 Å². The number of nitrogens with two attached hydrogens (primary N) is 1. The second-order valence-corrected chi connectivity index (χ2v) is 6.80. The van der Waals surface area contributed by atoms with Gasteiger partial charge in [-0.2, -0.15) is 0 Å². The number of benzene rings is 1. The average Bonchev–Trinajstić information content (AvgIpc) is 3.20. The number of nitrogens with one attached hydrogen (secondary N) is 1. The van der Waals surface area contributed by atoms with Crippen molar-refractivity contribution in [3.63, 3.8) is 0 Å². The maximum Gasteiger partial charge on any atom is 0.125 e. The Bertz CT molecular complexity index is 505. The standard InChI is InChI=1S/C16H23BrN2O2/c1-2-20-16(10-3-4-10)14(19-18)9-12-8-13(17)7-11-5-6-21-15(11)12/h7-8,10,14,16,19H,2-6,9,18H2,1H3. The van der Waals surface area contributed by atoms with Crippen LogP contribution in [0.4, 0.5) is 0 Å². The van der Waals surface area contributed by atoms with Gasteiger partial charge in [0, 0.05) is 17.5 Å². The van der Waals surface area contributed by atoms with Crippen molar-refractivity contribution in [2.24, 2.45) is 11.8 Å². The highest BCUT2D eigenvalue weighted by molar-refractivity contribution is 9.10. The monoisotopic (exact) mass is 354 g/mol. The van der Waals surface area contributed by atoms with Crippen molar-refractivity contribution in [1.82, 2.24) is 5.43 Å². The van der Waals surface area contributed by atoms with Crippen molar-refractivity contribution < 1.29 is 9.47 Å². The molecule has 1 aromatic carbocycles. The number of hydrazine groups is 1. The lowest BCUT2D eigenvalue weighted by atomic mass is 9.96. The van der Waals surface area contributed by atoms with Crippen molar-refractivity contribution in [3.8, 4) is 5.75 Å². The smallest absolute Gasteiger partial charge is 0.125 e. The minimum Gasteiger partial charge on any atom is -0.493 e. The predicted octanol–water partition coefficient (Wildman–Crippen LogP) is 2.57. The molecule has 0 saturated heterocycles. The lowest BCUT2D eigenvalue weighted by Crippen LogP contribution is -2.47. The van der Waals surface area contributed by atoms with Crippen molar-refractivity contribution in [2.45, 2.75) is 44.8 Å². The second kappa shape index (κ2) is 6.65. The molecule has 0 radical (unpaired) electrons. The van der Waals surface area contributed by atoms with Crippen LogP contribution in [0.15, 0.2) is 16.6 Å². The Morgan fingerprint density at radius 2 is 2.29 bits per heavy atom. The normalized spacial score (nSPS) is 20.0. The molecular formula is C16H23BrN2O2. The zero-order valence-electron chi connectivity index (χ0n) is 12.4. The Hall–Kier alpha value is -0.620. The van der Waals surface area contributed by atoms with Gasteiger partial charge in [0.25, 0.3) is 0 Å². The third-order valence-corrected chi connectivity index (χ3v) is 4.78. The molecule has 4 nitrogen and oxygen atoms in total. The molecule has 2 aliphatic rings. The third kappa shape index (κ3) is 3.42. The highest BCUT2D eigenvalue weighted by atomic mass is 79.9. The summed E-state index contributed by atoms with van der Waals surface area (Å²) in [5, 5.41) is 0. The van der Waals surface area contributed by atoms with Crippen LogP contribution in [0.3, 0.4) is 0 Å². The maximum atomic E-state index is 5.95. The highest BCUT2D eigenvalue weighted by Crippen LogP contribution is 2.38. The van der Waals surface area contributed by atoms with Crippen molar-refractivity contribution >= 4 is 15.9 Å². The van der Waals surface area contributed by atoms with Crippen molar-refractivity contribution in [3.05, 3.63) is 27.7 Å². The summed E-state index contributed by atoms with van der Waals surface area (Å²) in [5.74, 6) is 7.51. The third-order valence-electron chi connectivity index (χ3n) is 4.32. The van der Waals surface area contributed by atoms with Crippen molar-refractivity contribution in [2.75, 3.05) is 13.2 Å². The number of ether oxygens (including phenoxy) is 2. The van der Waals surface area contributed by atoms with Crippen LogP contribution in [-0.2, 0) is 17.6 Å². The fourth-order valence-corrected chi connectivity index (χ4v) is 3.76. The summed E-state index contributed by atoms with van der Waals surface area (Å²) in [6, 6.07) is 4.42. The van der Waals surface area contributed by atoms with Gasteiger partial charge in [0.05, 0.1) is 18.8 Å². The molecule has 1 fully saturated rings. The van der Waals surface area contributed by atoms with Crippen LogP contribution in [0.2, 0.25) is 0 Å². The molecule has 2 atom stereocenters. The van der Waals surface area contributed by atoms with Gasteiger partial charge < -0.3 is 9.47 Å². The van der Waals surface area contributed by atoms with Crippen LogP contribution < -0.4 is 16.0 Å². The summed E-state index contributed by atoms with van der Waals surface area (Å²) in [5.41, 5.74) is 5.47. The fraction of sp³-hybridized carbons (Fsp3) is 0.625. The molecule has 0 aromatic heterocycles. The largest absolute Gasteiger partial charge is 0.493 e. The molecule has 1 aliphatic heterocycles. The van der Waals surface area contributed by atoms with Crippen molar-refractivity contribution in [1.29, 1.82) is 0 Å². The molecule has 21 heavy (non-hydrogen) atoms. The number of hydrogen-bond acceptors (Lipinski definition) is 4. The number of hydrogen-bond donors (Lipinski definition) is 2. The summed E-state index contributed by atoms with van der Waals surface area (Å²) in [6.07, 6.45) is 4.50. The van der Waals surface area contributed by atoms with E-state index in [1.807, 2.05) is 6.92 Å². The minimum atomic E-state index is 0.125. The van der Waals surface area contributed by atoms with E-state index in [2.05, 4.69) is 33.5 Å². The molecular weight excluding hydrogens is 332 g/mol. The van der Waals surface area contributed by atoms with E-state index in [0.29, 0.717) is 5.92 Å². The van der Waals surface area contributed by atoms with Gasteiger partial charge in [-0.15, -0.1) is 0 Å². The van der Waals surface area contributed by atoms with Gasteiger partial charge >= 0.3 is 0 Å². The van der Waals surface area contributed by atoms with Gasteiger partial charge in [-0.1, -0.05) is 15.9 Å². The van der Waals surface area contributed by atoms with Gasteiger partial charge in [0.15, 0.2) is 0 Å². The molecule has 0 amide bonds. The van der Waals surface area contributed by atoms with E-state index in [4.69, 9.17) is 15.3 Å². The molecule has 3 rings (SSSR count). The van der Waals surface area contributed by atoms with Crippen LogP contribution in [0.5, 0.6) is 5.75 Å². The lowest BCUT2D eigenvalue weighted by molar-refractivity contribution is 0.0191. The first kappa shape index (κ1) is 15.3. The highest BCUT2D eigenvalue weighted by Gasteiger charge is 2.37. The minimum absolute atomic E-state index is 0.125. The van der Waals surface area contributed by atoms with E-state index in [-0.39, 0.29) is 12.1 Å². The fourth-order valence-electron chi connectivity index (χ4n) is 3.20. The van der Waals surface area contributed by atoms with Gasteiger partial charge in [0.1, 0.15) is 5.75 Å². The first-order valence-corrected chi connectivity index (χ1v) is 8.54. The quantitative estimate of drug-likeness (QED) is 0.583. The molecule has 5 heteroatoms. The lowest BCUT2D eigenvalue weighted by Gasteiger charge is -2.27. The van der Waals surface area contributed by atoms with E-state index >= 15 is 0 Å². The first-order valence-electron chi connectivity index (χ1n) is 7.74. The molecule has 0 spiro atoms. The summed E-state index contributed by atoms with van der Waals surface area (Å²) < 4.78 is 12.9. The summed E-state index contributed by atoms with van der Waals surface area (Å²) in [7, 11) is 0. The molecule has 0 bridgehead atoms. The molecule has 2 unspecified atom stereocenters.